The third kappa shape index (κ3) is 4.24. The van der Waals surface area contributed by atoms with Gasteiger partial charge < -0.3 is 11.1 Å². The summed E-state index contributed by atoms with van der Waals surface area (Å²) in [5.41, 5.74) is 7.14. The van der Waals surface area contributed by atoms with Gasteiger partial charge in [-0.1, -0.05) is 12.1 Å². The molecule has 1 fully saturated rings. The second kappa shape index (κ2) is 5.61. The van der Waals surface area contributed by atoms with E-state index in [0.717, 1.165) is 5.56 Å². The van der Waals surface area contributed by atoms with Gasteiger partial charge in [-0.05, 0) is 30.5 Å². The smallest absolute Gasteiger partial charge is 0.224 e. The van der Waals surface area contributed by atoms with Gasteiger partial charge in [0.15, 0.2) is 0 Å². The van der Waals surface area contributed by atoms with Gasteiger partial charge >= 0.3 is 0 Å². The van der Waals surface area contributed by atoms with Crippen molar-refractivity contribution in [1.29, 1.82) is 0 Å². The third-order valence-corrected chi connectivity index (χ3v) is 4.98. The fourth-order valence-electron chi connectivity index (χ4n) is 2.13. The van der Waals surface area contributed by atoms with Crippen LogP contribution in [0.25, 0.3) is 0 Å². The molecule has 1 aromatic carbocycles. The molecule has 1 saturated heterocycles. The van der Waals surface area contributed by atoms with Gasteiger partial charge in [0.25, 0.3) is 0 Å². The molecule has 0 spiro atoms. The van der Waals surface area contributed by atoms with Gasteiger partial charge in [0.05, 0.1) is 17.9 Å². The number of nitrogen functional groups attached to an aromatic ring is 1. The highest BCUT2D eigenvalue weighted by molar-refractivity contribution is 7.91. The highest BCUT2D eigenvalue weighted by atomic mass is 32.2. The molecule has 0 bridgehead atoms. The van der Waals surface area contributed by atoms with Crippen LogP contribution in [-0.2, 0) is 21.1 Å². The Morgan fingerprint density at radius 1 is 1.21 bits per heavy atom. The zero-order valence-corrected chi connectivity index (χ0v) is 11.4. The fourth-order valence-corrected chi connectivity index (χ4v) is 3.63. The fraction of sp³-hybridized carbons (Fsp3) is 0.462. The first kappa shape index (κ1) is 13.9. The van der Waals surface area contributed by atoms with Gasteiger partial charge in [0, 0.05) is 11.7 Å². The van der Waals surface area contributed by atoms with Gasteiger partial charge in [-0.25, -0.2) is 8.42 Å². The number of hydrogen-bond acceptors (Lipinski definition) is 4. The number of amides is 1. The summed E-state index contributed by atoms with van der Waals surface area (Å²) >= 11 is 0. The average Bonchev–Trinajstić information content (AvgIpc) is 2.35. The highest BCUT2D eigenvalue weighted by Crippen LogP contribution is 2.12. The molecular weight excluding hydrogens is 264 g/mol. The maximum atomic E-state index is 11.8. The second-order valence-corrected chi connectivity index (χ2v) is 7.22. The molecule has 1 amide bonds. The monoisotopic (exact) mass is 282 g/mol. The molecule has 1 heterocycles. The first-order chi connectivity index (χ1) is 8.94. The SMILES string of the molecule is Nc1ccc(CC(=O)NC2CCS(=O)(=O)CC2)cc1. The van der Waals surface area contributed by atoms with E-state index in [0.29, 0.717) is 24.9 Å². The normalized spacial score (nSPS) is 18.9. The summed E-state index contributed by atoms with van der Waals surface area (Å²) in [6, 6.07) is 7.14. The Labute approximate surface area is 113 Å². The van der Waals surface area contributed by atoms with E-state index in [-0.39, 0.29) is 23.5 Å². The van der Waals surface area contributed by atoms with E-state index in [4.69, 9.17) is 5.73 Å². The zero-order valence-electron chi connectivity index (χ0n) is 10.6. The van der Waals surface area contributed by atoms with Crippen molar-refractivity contribution in [2.75, 3.05) is 17.2 Å². The van der Waals surface area contributed by atoms with Crippen molar-refractivity contribution < 1.29 is 13.2 Å². The van der Waals surface area contributed by atoms with Gasteiger partial charge in [0.2, 0.25) is 5.91 Å². The number of hydrogen-bond donors (Lipinski definition) is 2. The van der Waals surface area contributed by atoms with Crippen LogP contribution in [-0.4, -0.2) is 31.9 Å². The molecule has 6 heteroatoms. The predicted octanol–water partition coefficient (Wildman–Crippen LogP) is 0.505. The lowest BCUT2D eigenvalue weighted by molar-refractivity contribution is -0.121. The summed E-state index contributed by atoms with van der Waals surface area (Å²) < 4.78 is 22.6. The molecule has 0 aromatic heterocycles. The molecule has 2 rings (SSSR count). The Hall–Kier alpha value is -1.56. The molecule has 104 valence electrons. The van der Waals surface area contributed by atoms with Crippen LogP contribution in [0.3, 0.4) is 0 Å². The Kier molecular flexibility index (Phi) is 4.09. The number of carbonyl (C=O) groups is 1. The molecule has 0 unspecified atom stereocenters. The molecule has 5 nitrogen and oxygen atoms in total. The van der Waals surface area contributed by atoms with Crippen molar-refractivity contribution in [3.8, 4) is 0 Å². The van der Waals surface area contributed by atoms with E-state index < -0.39 is 9.84 Å². The van der Waals surface area contributed by atoms with E-state index in [1.54, 1.807) is 12.1 Å². The minimum atomic E-state index is -2.88. The van der Waals surface area contributed by atoms with E-state index in [9.17, 15) is 13.2 Å². The summed E-state index contributed by atoms with van der Waals surface area (Å²) in [4.78, 5) is 11.8. The Morgan fingerprint density at radius 2 is 1.79 bits per heavy atom. The summed E-state index contributed by atoms with van der Waals surface area (Å²) in [5, 5.41) is 2.89. The summed E-state index contributed by atoms with van der Waals surface area (Å²) in [6.45, 7) is 0. The van der Waals surface area contributed by atoms with Crippen molar-refractivity contribution in [2.45, 2.75) is 25.3 Å². The molecule has 1 aliphatic rings. The lowest BCUT2D eigenvalue weighted by Gasteiger charge is -2.23. The third-order valence-electron chi connectivity index (χ3n) is 3.26. The Balaban J connectivity index is 1.83. The number of carbonyl (C=O) groups excluding carboxylic acids is 1. The van der Waals surface area contributed by atoms with E-state index in [2.05, 4.69) is 5.32 Å². The lowest BCUT2D eigenvalue weighted by Crippen LogP contribution is -2.41. The lowest BCUT2D eigenvalue weighted by atomic mass is 10.1. The number of sulfone groups is 1. The Bertz CT molecular complexity index is 538. The van der Waals surface area contributed by atoms with Crippen LogP contribution in [0.4, 0.5) is 5.69 Å². The maximum Gasteiger partial charge on any atom is 0.224 e. The van der Waals surface area contributed by atoms with Crippen molar-refractivity contribution in [2.24, 2.45) is 0 Å². The van der Waals surface area contributed by atoms with Crippen LogP contribution in [0.15, 0.2) is 24.3 Å². The zero-order chi connectivity index (χ0) is 13.9. The predicted molar refractivity (Wildman–Crippen MR) is 74.4 cm³/mol. The minimum absolute atomic E-state index is 0.0233. The molecule has 3 N–H and O–H groups in total. The number of anilines is 1. The van der Waals surface area contributed by atoms with Crippen LogP contribution >= 0.6 is 0 Å². The van der Waals surface area contributed by atoms with Gasteiger partial charge in [-0.15, -0.1) is 0 Å². The molecule has 0 radical (unpaired) electrons. The summed E-state index contributed by atoms with van der Waals surface area (Å²) in [6.07, 6.45) is 1.31. The minimum Gasteiger partial charge on any atom is -0.399 e. The first-order valence-electron chi connectivity index (χ1n) is 6.29. The van der Waals surface area contributed by atoms with E-state index in [1.165, 1.54) is 0 Å². The number of nitrogens with one attached hydrogen (secondary N) is 1. The van der Waals surface area contributed by atoms with Crippen molar-refractivity contribution >= 4 is 21.4 Å². The number of benzene rings is 1. The van der Waals surface area contributed by atoms with Gasteiger partial charge in [0.1, 0.15) is 9.84 Å². The van der Waals surface area contributed by atoms with Crippen LogP contribution in [0, 0.1) is 0 Å². The van der Waals surface area contributed by atoms with Crippen LogP contribution in [0.2, 0.25) is 0 Å². The number of rotatable bonds is 3. The molecule has 0 saturated carbocycles. The number of nitrogens with two attached hydrogens (primary N) is 1. The molecule has 0 atom stereocenters. The van der Waals surface area contributed by atoms with Crippen molar-refractivity contribution in [3.63, 3.8) is 0 Å². The molecule has 1 aromatic rings. The Morgan fingerprint density at radius 3 is 2.37 bits per heavy atom. The summed E-state index contributed by atoms with van der Waals surface area (Å²) in [7, 11) is -2.88. The van der Waals surface area contributed by atoms with Crippen LogP contribution in [0.1, 0.15) is 18.4 Å². The summed E-state index contributed by atoms with van der Waals surface area (Å²) in [5.74, 6) is 0.258. The van der Waals surface area contributed by atoms with Gasteiger partial charge in [-0.3, -0.25) is 4.79 Å². The topological polar surface area (TPSA) is 89.3 Å². The van der Waals surface area contributed by atoms with Gasteiger partial charge in [-0.2, -0.15) is 0 Å². The first-order valence-corrected chi connectivity index (χ1v) is 8.11. The molecular formula is C13H18N2O3S. The molecule has 1 aliphatic heterocycles. The second-order valence-electron chi connectivity index (χ2n) is 4.91. The quantitative estimate of drug-likeness (QED) is 0.790. The van der Waals surface area contributed by atoms with Crippen LogP contribution < -0.4 is 11.1 Å². The molecule has 19 heavy (non-hydrogen) atoms. The highest BCUT2D eigenvalue weighted by Gasteiger charge is 2.24. The van der Waals surface area contributed by atoms with E-state index >= 15 is 0 Å². The molecule has 0 aliphatic carbocycles. The van der Waals surface area contributed by atoms with E-state index in [1.807, 2.05) is 12.1 Å². The van der Waals surface area contributed by atoms with Crippen molar-refractivity contribution in [1.82, 2.24) is 5.32 Å². The largest absolute Gasteiger partial charge is 0.399 e. The standard InChI is InChI=1S/C13H18N2O3S/c14-11-3-1-10(2-4-11)9-13(16)15-12-5-7-19(17,18)8-6-12/h1-4,12H,5-9,14H2,(H,15,16). The average molecular weight is 282 g/mol. The van der Waals surface area contributed by atoms with Crippen LogP contribution in [0.5, 0.6) is 0 Å². The maximum absolute atomic E-state index is 11.8. The van der Waals surface area contributed by atoms with Crippen molar-refractivity contribution in [3.05, 3.63) is 29.8 Å².